The van der Waals surface area contributed by atoms with E-state index in [9.17, 15) is 0 Å². The Labute approximate surface area is 146 Å². The van der Waals surface area contributed by atoms with Crippen LogP contribution in [-0.2, 0) is 9.47 Å². The Morgan fingerprint density at radius 1 is 1.38 bits per heavy atom. The molecule has 2 N–H and O–H groups in total. The second kappa shape index (κ2) is 13.6. The SMILES string of the molecule is CCNC(=NCC(C)C)NCCCOCC1CCOC1.I. The van der Waals surface area contributed by atoms with Gasteiger partial charge in [0.25, 0.3) is 0 Å². The minimum absolute atomic E-state index is 0. The standard InChI is InChI=1S/C15H31N3O2.HI/c1-4-16-15(18-10-13(2)3)17-7-5-8-19-11-14-6-9-20-12-14;/h13-14H,4-12H2,1-3H3,(H2,16,17,18);1H. The Kier molecular flexibility index (Phi) is 13.5. The number of ether oxygens (including phenoxy) is 2. The Morgan fingerprint density at radius 3 is 2.81 bits per heavy atom. The van der Waals surface area contributed by atoms with Gasteiger partial charge in [-0.15, -0.1) is 24.0 Å². The fourth-order valence-corrected chi connectivity index (χ4v) is 1.96. The zero-order chi connectivity index (χ0) is 14.6. The first kappa shape index (κ1) is 20.9. The molecule has 1 unspecified atom stereocenters. The first-order chi connectivity index (χ1) is 9.72. The molecule has 1 aliphatic heterocycles. The van der Waals surface area contributed by atoms with Gasteiger partial charge in [-0.25, -0.2) is 0 Å². The molecule has 0 aromatic heterocycles. The molecule has 5 nitrogen and oxygen atoms in total. The third-order valence-corrected chi connectivity index (χ3v) is 3.09. The second-order valence-corrected chi connectivity index (χ2v) is 5.70. The van der Waals surface area contributed by atoms with Crippen molar-refractivity contribution in [3.8, 4) is 0 Å². The quantitative estimate of drug-likeness (QED) is 0.264. The molecular weight excluding hydrogens is 381 g/mol. The number of nitrogens with one attached hydrogen (secondary N) is 2. The van der Waals surface area contributed by atoms with Crippen molar-refractivity contribution in [3.63, 3.8) is 0 Å². The molecule has 21 heavy (non-hydrogen) atoms. The van der Waals surface area contributed by atoms with E-state index in [4.69, 9.17) is 9.47 Å². The van der Waals surface area contributed by atoms with E-state index in [-0.39, 0.29) is 24.0 Å². The van der Waals surface area contributed by atoms with Crippen LogP contribution in [0.2, 0.25) is 0 Å². The van der Waals surface area contributed by atoms with Gasteiger partial charge in [-0.05, 0) is 25.7 Å². The van der Waals surface area contributed by atoms with Gasteiger partial charge in [-0.1, -0.05) is 13.8 Å². The molecule has 0 amide bonds. The minimum Gasteiger partial charge on any atom is -0.381 e. The molecule has 126 valence electrons. The highest BCUT2D eigenvalue weighted by Gasteiger charge is 2.15. The van der Waals surface area contributed by atoms with E-state index in [1.807, 2.05) is 0 Å². The van der Waals surface area contributed by atoms with E-state index >= 15 is 0 Å². The summed E-state index contributed by atoms with van der Waals surface area (Å²) in [6.07, 6.45) is 2.14. The highest BCUT2D eigenvalue weighted by atomic mass is 127. The number of nitrogens with zero attached hydrogens (tertiary/aromatic N) is 1. The highest BCUT2D eigenvalue weighted by molar-refractivity contribution is 14.0. The van der Waals surface area contributed by atoms with Gasteiger partial charge in [-0.3, -0.25) is 4.99 Å². The number of rotatable bonds is 9. The van der Waals surface area contributed by atoms with Crippen molar-refractivity contribution in [2.24, 2.45) is 16.8 Å². The number of guanidine groups is 1. The predicted octanol–water partition coefficient (Wildman–Crippen LogP) is 2.26. The van der Waals surface area contributed by atoms with Gasteiger partial charge < -0.3 is 20.1 Å². The van der Waals surface area contributed by atoms with Gasteiger partial charge in [0.1, 0.15) is 0 Å². The van der Waals surface area contributed by atoms with Gasteiger partial charge >= 0.3 is 0 Å². The second-order valence-electron chi connectivity index (χ2n) is 5.70. The molecule has 0 aromatic carbocycles. The maximum absolute atomic E-state index is 5.68. The average Bonchev–Trinajstić information content (AvgIpc) is 2.92. The summed E-state index contributed by atoms with van der Waals surface area (Å²) in [6.45, 7) is 12.5. The van der Waals surface area contributed by atoms with Gasteiger partial charge in [0.05, 0.1) is 13.2 Å². The van der Waals surface area contributed by atoms with E-state index in [1.54, 1.807) is 0 Å². The van der Waals surface area contributed by atoms with Crippen LogP contribution in [0.3, 0.4) is 0 Å². The summed E-state index contributed by atoms with van der Waals surface area (Å²) < 4.78 is 11.0. The Morgan fingerprint density at radius 2 is 2.19 bits per heavy atom. The lowest BCUT2D eigenvalue weighted by molar-refractivity contribution is 0.0888. The van der Waals surface area contributed by atoms with Crippen LogP contribution in [0.25, 0.3) is 0 Å². The summed E-state index contributed by atoms with van der Waals surface area (Å²) in [6, 6.07) is 0. The van der Waals surface area contributed by atoms with Crippen molar-refractivity contribution in [2.75, 3.05) is 46.1 Å². The van der Waals surface area contributed by atoms with E-state index in [2.05, 4.69) is 36.4 Å². The lowest BCUT2D eigenvalue weighted by Gasteiger charge is -2.12. The zero-order valence-electron chi connectivity index (χ0n) is 13.7. The minimum atomic E-state index is 0. The Balaban J connectivity index is 0.00000400. The number of halogens is 1. The molecule has 1 atom stereocenters. The van der Waals surface area contributed by atoms with Crippen molar-refractivity contribution in [3.05, 3.63) is 0 Å². The van der Waals surface area contributed by atoms with Crippen LogP contribution >= 0.6 is 24.0 Å². The molecule has 0 aromatic rings. The summed E-state index contributed by atoms with van der Waals surface area (Å²) >= 11 is 0. The smallest absolute Gasteiger partial charge is 0.191 e. The molecule has 1 saturated heterocycles. The van der Waals surface area contributed by atoms with E-state index < -0.39 is 0 Å². The highest BCUT2D eigenvalue weighted by Crippen LogP contribution is 2.12. The fraction of sp³-hybridized carbons (Fsp3) is 0.933. The van der Waals surface area contributed by atoms with Gasteiger partial charge in [0.2, 0.25) is 0 Å². The molecule has 0 radical (unpaired) electrons. The number of hydrogen-bond acceptors (Lipinski definition) is 3. The topological polar surface area (TPSA) is 54.9 Å². The van der Waals surface area contributed by atoms with Crippen LogP contribution in [0.15, 0.2) is 4.99 Å². The Bertz CT molecular complexity index is 270. The molecule has 0 saturated carbocycles. The van der Waals surface area contributed by atoms with E-state index in [0.29, 0.717) is 11.8 Å². The van der Waals surface area contributed by atoms with Crippen LogP contribution < -0.4 is 10.6 Å². The maximum atomic E-state index is 5.68. The molecule has 1 rings (SSSR count). The van der Waals surface area contributed by atoms with Crippen molar-refractivity contribution in [1.82, 2.24) is 10.6 Å². The van der Waals surface area contributed by atoms with Crippen LogP contribution in [0, 0.1) is 11.8 Å². The fourth-order valence-electron chi connectivity index (χ4n) is 1.96. The summed E-state index contributed by atoms with van der Waals surface area (Å²) in [5.74, 6) is 2.10. The van der Waals surface area contributed by atoms with Crippen LogP contribution in [0.4, 0.5) is 0 Å². The summed E-state index contributed by atoms with van der Waals surface area (Å²) in [5, 5.41) is 6.59. The van der Waals surface area contributed by atoms with Gasteiger partial charge in [-0.2, -0.15) is 0 Å². The lowest BCUT2D eigenvalue weighted by Crippen LogP contribution is -2.38. The molecule has 0 aliphatic carbocycles. The average molecular weight is 413 g/mol. The Hall–Kier alpha value is -0.0800. The van der Waals surface area contributed by atoms with Crippen LogP contribution in [0.1, 0.15) is 33.6 Å². The van der Waals surface area contributed by atoms with Gasteiger partial charge in [0, 0.05) is 38.8 Å². The molecular formula is C15H32IN3O2. The first-order valence-corrected chi connectivity index (χ1v) is 7.90. The predicted molar refractivity (Wildman–Crippen MR) is 98.6 cm³/mol. The molecule has 0 spiro atoms. The maximum Gasteiger partial charge on any atom is 0.191 e. The molecule has 1 fully saturated rings. The lowest BCUT2D eigenvalue weighted by atomic mass is 10.1. The van der Waals surface area contributed by atoms with Crippen molar-refractivity contribution in [2.45, 2.75) is 33.6 Å². The van der Waals surface area contributed by atoms with Crippen molar-refractivity contribution < 1.29 is 9.47 Å². The van der Waals surface area contributed by atoms with Crippen LogP contribution in [0.5, 0.6) is 0 Å². The first-order valence-electron chi connectivity index (χ1n) is 7.90. The summed E-state index contributed by atoms with van der Waals surface area (Å²) in [4.78, 5) is 4.53. The molecule has 1 heterocycles. The number of aliphatic imine (C=N–C) groups is 1. The van der Waals surface area contributed by atoms with Crippen molar-refractivity contribution in [1.29, 1.82) is 0 Å². The third-order valence-electron chi connectivity index (χ3n) is 3.09. The number of hydrogen-bond donors (Lipinski definition) is 2. The molecule has 0 bridgehead atoms. The van der Waals surface area contributed by atoms with Crippen molar-refractivity contribution >= 4 is 29.9 Å². The molecule has 1 aliphatic rings. The monoisotopic (exact) mass is 413 g/mol. The molecule has 6 heteroatoms. The largest absolute Gasteiger partial charge is 0.381 e. The van der Waals surface area contributed by atoms with E-state index in [0.717, 1.165) is 64.9 Å². The van der Waals surface area contributed by atoms with E-state index in [1.165, 1.54) is 0 Å². The summed E-state index contributed by atoms with van der Waals surface area (Å²) in [7, 11) is 0. The van der Waals surface area contributed by atoms with Gasteiger partial charge in [0.15, 0.2) is 5.96 Å². The third kappa shape index (κ3) is 11.2. The normalized spacial score (nSPS) is 18.7. The summed E-state index contributed by atoms with van der Waals surface area (Å²) in [5.41, 5.74) is 0. The zero-order valence-corrected chi connectivity index (χ0v) is 16.0. The van der Waals surface area contributed by atoms with Crippen LogP contribution in [-0.4, -0.2) is 52.0 Å².